The minimum Gasteiger partial charge on any atom is -0.493 e. The molecule has 0 aromatic heterocycles. The van der Waals surface area contributed by atoms with E-state index in [-0.39, 0.29) is 11.2 Å². The summed E-state index contributed by atoms with van der Waals surface area (Å²) in [6.07, 6.45) is 0. The molecule has 0 aliphatic rings. The van der Waals surface area contributed by atoms with Crippen molar-refractivity contribution in [3.05, 3.63) is 72.8 Å². The average Bonchev–Trinajstić information content (AvgIpc) is 2.75. The number of ether oxygens (including phenoxy) is 3. The van der Waals surface area contributed by atoms with Crippen LogP contribution >= 0.6 is 11.8 Å². The summed E-state index contributed by atoms with van der Waals surface area (Å²) in [5.41, 5.74) is 0.718. The van der Waals surface area contributed by atoms with Crippen LogP contribution in [0.25, 0.3) is 0 Å². The molecule has 29 heavy (non-hydrogen) atoms. The van der Waals surface area contributed by atoms with Gasteiger partial charge in [0.05, 0.1) is 19.5 Å². The first kappa shape index (κ1) is 20.6. The first-order chi connectivity index (χ1) is 14.1. The maximum Gasteiger partial charge on any atom is 0.237 e. The van der Waals surface area contributed by atoms with Crippen molar-refractivity contribution in [2.75, 3.05) is 19.5 Å². The van der Waals surface area contributed by atoms with E-state index in [1.54, 1.807) is 14.2 Å². The van der Waals surface area contributed by atoms with Crippen molar-refractivity contribution >= 4 is 23.4 Å². The van der Waals surface area contributed by atoms with Gasteiger partial charge in [-0.25, -0.2) is 0 Å². The van der Waals surface area contributed by atoms with Gasteiger partial charge in [-0.2, -0.15) is 0 Å². The molecule has 0 radical (unpaired) electrons. The summed E-state index contributed by atoms with van der Waals surface area (Å²) >= 11 is 1.45. The van der Waals surface area contributed by atoms with Crippen LogP contribution in [0.4, 0.5) is 5.69 Å². The summed E-state index contributed by atoms with van der Waals surface area (Å²) in [5, 5.41) is 2.65. The van der Waals surface area contributed by atoms with Crippen LogP contribution in [0.2, 0.25) is 0 Å². The minimum atomic E-state index is -0.284. The second kappa shape index (κ2) is 9.89. The van der Waals surface area contributed by atoms with E-state index >= 15 is 0 Å². The Morgan fingerprint density at radius 2 is 1.52 bits per heavy atom. The number of benzene rings is 3. The number of methoxy groups -OCH3 is 2. The lowest BCUT2D eigenvalue weighted by atomic mass is 10.3. The Morgan fingerprint density at radius 1 is 0.862 bits per heavy atom. The molecule has 6 heteroatoms. The van der Waals surface area contributed by atoms with Gasteiger partial charge in [-0.1, -0.05) is 18.2 Å². The van der Waals surface area contributed by atoms with Crippen LogP contribution in [-0.2, 0) is 4.79 Å². The Hall–Kier alpha value is -3.12. The highest BCUT2D eigenvalue weighted by molar-refractivity contribution is 8.00. The Morgan fingerprint density at radius 3 is 2.17 bits per heavy atom. The van der Waals surface area contributed by atoms with E-state index in [1.165, 1.54) is 11.8 Å². The topological polar surface area (TPSA) is 56.8 Å². The zero-order valence-electron chi connectivity index (χ0n) is 16.5. The van der Waals surface area contributed by atoms with Crippen molar-refractivity contribution in [1.82, 2.24) is 0 Å². The van der Waals surface area contributed by atoms with Gasteiger partial charge >= 0.3 is 0 Å². The van der Waals surface area contributed by atoms with Crippen molar-refractivity contribution < 1.29 is 19.0 Å². The Bertz CT molecular complexity index is 945. The van der Waals surface area contributed by atoms with Gasteiger partial charge in [0, 0.05) is 10.6 Å². The molecule has 0 fully saturated rings. The number of nitrogens with one attached hydrogen (secondary N) is 1. The molecule has 0 saturated carbocycles. The van der Waals surface area contributed by atoms with Crippen LogP contribution < -0.4 is 19.5 Å². The molecule has 0 heterocycles. The molecule has 0 aliphatic carbocycles. The number of rotatable bonds is 8. The van der Waals surface area contributed by atoms with E-state index in [0.717, 1.165) is 16.3 Å². The number of para-hydroxylation sites is 1. The fourth-order valence-electron chi connectivity index (χ4n) is 2.62. The van der Waals surface area contributed by atoms with Gasteiger partial charge in [0.15, 0.2) is 11.5 Å². The fourth-order valence-corrected chi connectivity index (χ4v) is 3.52. The fraction of sp³-hybridized carbons (Fsp3) is 0.174. The zero-order valence-corrected chi connectivity index (χ0v) is 17.4. The SMILES string of the molecule is COc1ccc(S[C@@H](C)C(=O)Nc2ccc(Oc3ccccc3)cc2)cc1OC. The van der Waals surface area contributed by atoms with Crippen LogP contribution in [0.1, 0.15) is 6.92 Å². The van der Waals surface area contributed by atoms with Crippen molar-refractivity contribution in [2.45, 2.75) is 17.1 Å². The highest BCUT2D eigenvalue weighted by Gasteiger charge is 2.16. The van der Waals surface area contributed by atoms with Gasteiger partial charge in [-0.15, -0.1) is 11.8 Å². The maximum absolute atomic E-state index is 12.6. The molecule has 1 atom stereocenters. The third-order valence-corrected chi connectivity index (χ3v) is 5.23. The third-order valence-electron chi connectivity index (χ3n) is 4.14. The maximum atomic E-state index is 12.6. The first-order valence-electron chi connectivity index (χ1n) is 9.11. The highest BCUT2D eigenvalue weighted by Crippen LogP contribution is 2.34. The highest BCUT2D eigenvalue weighted by atomic mass is 32.2. The van der Waals surface area contributed by atoms with Gasteiger partial charge < -0.3 is 19.5 Å². The number of carbonyl (C=O) groups excluding carboxylic acids is 1. The monoisotopic (exact) mass is 409 g/mol. The van der Waals surface area contributed by atoms with Crippen LogP contribution in [0, 0.1) is 0 Å². The van der Waals surface area contributed by atoms with Crippen LogP contribution in [0.5, 0.6) is 23.0 Å². The third kappa shape index (κ3) is 5.68. The standard InChI is InChI=1S/C23H23NO4S/c1-16(29-20-13-14-21(26-2)22(15-20)27-3)23(25)24-17-9-11-19(12-10-17)28-18-7-5-4-6-8-18/h4-16H,1-3H3,(H,24,25)/t16-/m0/s1. The van der Waals surface area contributed by atoms with E-state index in [0.29, 0.717) is 17.2 Å². The van der Waals surface area contributed by atoms with Gasteiger partial charge in [0.2, 0.25) is 5.91 Å². The molecule has 3 aromatic carbocycles. The summed E-state index contributed by atoms with van der Waals surface area (Å²) in [7, 11) is 3.19. The number of amides is 1. The normalized spacial score (nSPS) is 11.4. The second-order valence-electron chi connectivity index (χ2n) is 6.21. The molecule has 5 nitrogen and oxygen atoms in total. The molecule has 1 amide bonds. The van der Waals surface area contributed by atoms with Gasteiger partial charge in [0.1, 0.15) is 11.5 Å². The van der Waals surface area contributed by atoms with Gasteiger partial charge in [0.25, 0.3) is 0 Å². The van der Waals surface area contributed by atoms with E-state index in [4.69, 9.17) is 14.2 Å². The Kier molecular flexibility index (Phi) is 7.03. The largest absolute Gasteiger partial charge is 0.493 e. The van der Waals surface area contributed by atoms with Crippen LogP contribution in [0.15, 0.2) is 77.7 Å². The van der Waals surface area contributed by atoms with E-state index < -0.39 is 0 Å². The van der Waals surface area contributed by atoms with E-state index in [1.807, 2.05) is 79.7 Å². The summed E-state index contributed by atoms with van der Waals surface area (Å²) in [6.45, 7) is 1.86. The first-order valence-corrected chi connectivity index (χ1v) is 9.99. The molecule has 0 aliphatic heterocycles. The van der Waals surface area contributed by atoms with Gasteiger partial charge in [-0.3, -0.25) is 4.79 Å². The number of hydrogen-bond acceptors (Lipinski definition) is 5. The number of thioether (sulfide) groups is 1. The number of hydrogen-bond donors (Lipinski definition) is 1. The molecule has 0 bridgehead atoms. The quantitative estimate of drug-likeness (QED) is 0.490. The van der Waals surface area contributed by atoms with Crippen LogP contribution in [-0.4, -0.2) is 25.4 Å². The average molecular weight is 410 g/mol. The molecular formula is C23H23NO4S. The Labute approximate surface area is 175 Å². The molecule has 0 unspecified atom stereocenters. The summed E-state index contributed by atoms with van der Waals surface area (Å²) in [4.78, 5) is 13.5. The summed E-state index contributed by atoms with van der Waals surface area (Å²) < 4.78 is 16.3. The lowest BCUT2D eigenvalue weighted by Gasteiger charge is -2.14. The smallest absolute Gasteiger partial charge is 0.237 e. The Balaban J connectivity index is 1.58. The molecule has 1 N–H and O–H groups in total. The summed E-state index contributed by atoms with van der Waals surface area (Å²) in [6, 6.07) is 22.5. The molecule has 3 aromatic rings. The van der Waals surface area contributed by atoms with Crippen molar-refractivity contribution in [2.24, 2.45) is 0 Å². The van der Waals surface area contributed by atoms with Crippen molar-refractivity contribution in [3.63, 3.8) is 0 Å². The number of anilines is 1. The lowest BCUT2D eigenvalue weighted by Crippen LogP contribution is -2.22. The number of carbonyl (C=O) groups is 1. The van der Waals surface area contributed by atoms with Gasteiger partial charge in [-0.05, 0) is 61.5 Å². The summed E-state index contributed by atoms with van der Waals surface area (Å²) in [5.74, 6) is 2.69. The molecule has 150 valence electrons. The predicted octanol–water partition coefficient (Wildman–Crippen LogP) is 5.62. The van der Waals surface area contributed by atoms with E-state index in [9.17, 15) is 4.79 Å². The second-order valence-corrected chi connectivity index (χ2v) is 7.62. The molecule has 3 rings (SSSR count). The molecule has 0 spiro atoms. The molecular weight excluding hydrogens is 386 g/mol. The van der Waals surface area contributed by atoms with Crippen molar-refractivity contribution in [3.8, 4) is 23.0 Å². The zero-order chi connectivity index (χ0) is 20.6. The minimum absolute atomic E-state index is 0.0819. The molecule has 0 saturated heterocycles. The van der Waals surface area contributed by atoms with E-state index in [2.05, 4.69) is 5.32 Å². The predicted molar refractivity (Wildman–Crippen MR) is 116 cm³/mol. The van der Waals surface area contributed by atoms with Crippen molar-refractivity contribution in [1.29, 1.82) is 0 Å². The lowest BCUT2D eigenvalue weighted by molar-refractivity contribution is -0.115. The van der Waals surface area contributed by atoms with Crippen LogP contribution in [0.3, 0.4) is 0 Å².